The van der Waals surface area contributed by atoms with E-state index in [0.717, 1.165) is 11.1 Å². The molecule has 0 spiro atoms. The van der Waals surface area contributed by atoms with Crippen LogP contribution in [0, 0.1) is 5.92 Å². The summed E-state index contributed by atoms with van der Waals surface area (Å²) < 4.78 is 5.56. The van der Waals surface area contributed by atoms with E-state index < -0.39 is 0 Å². The van der Waals surface area contributed by atoms with Gasteiger partial charge >= 0.3 is 5.97 Å². The highest BCUT2D eigenvalue weighted by Crippen LogP contribution is 2.26. The SMILES string of the molecule is CC(C)C(C(=O)OCc1ccccc1)N(C)C(C)c1ccc(O)cc1. The van der Waals surface area contributed by atoms with Crippen LogP contribution < -0.4 is 0 Å². The van der Waals surface area contributed by atoms with E-state index in [4.69, 9.17) is 4.74 Å². The fourth-order valence-electron chi connectivity index (χ4n) is 2.95. The van der Waals surface area contributed by atoms with Gasteiger partial charge in [-0.2, -0.15) is 0 Å². The first-order valence-corrected chi connectivity index (χ1v) is 8.61. The first-order chi connectivity index (χ1) is 11.9. The third-order valence-electron chi connectivity index (χ3n) is 4.52. The third kappa shape index (κ3) is 5.07. The van der Waals surface area contributed by atoms with E-state index >= 15 is 0 Å². The molecule has 0 heterocycles. The summed E-state index contributed by atoms with van der Waals surface area (Å²) in [5.41, 5.74) is 2.02. The Labute approximate surface area is 150 Å². The summed E-state index contributed by atoms with van der Waals surface area (Å²) in [7, 11) is 1.94. The molecule has 2 rings (SSSR count). The predicted octanol–water partition coefficient (Wildman–Crippen LogP) is 4.15. The Hall–Kier alpha value is -2.33. The van der Waals surface area contributed by atoms with Crippen LogP contribution in [0.2, 0.25) is 0 Å². The lowest BCUT2D eigenvalue weighted by molar-refractivity contribution is -0.153. The summed E-state index contributed by atoms with van der Waals surface area (Å²) in [4.78, 5) is 14.7. The van der Waals surface area contributed by atoms with Crippen LogP contribution >= 0.6 is 0 Å². The van der Waals surface area contributed by atoms with E-state index in [1.54, 1.807) is 12.1 Å². The predicted molar refractivity (Wildman–Crippen MR) is 99.1 cm³/mol. The van der Waals surface area contributed by atoms with E-state index in [-0.39, 0.29) is 36.3 Å². The van der Waals surface area contributed by atoms with Crippen molar-refractivity contribution in [2.75, 3.05) is 7.05 Å². The van der Waals surface area contributed by atoms with Gasteiger partial charge in [0.05, 0.1) is 0 Å². The Bertz CT molecular complexity index is 667. The van der Waals surface area contributed by atoms with Crippen molar-refractivity contribution >= 4 is 5.97 Å². The monoisotopic (exact) mass is 341 g/mol. The topological polar surface area (TPSA) is 49.8 Å². The van der Waals surface area contributed by atoms with Crippen molar-refractivity contribution in [3.05, 3.63) is 65.7 Å². The molecule has 0 aliphatic carbocycles. The van der Waals surface area contributed by atoms with Gasteiger partial charge in [0.2, 0.25) is 0 Å². The normalized spacial score (nSPS) is 13.7. The number of phenolic OH excluding ortho intramolecular Hbond substituents is 1. The van der Waals surface area contributed by atoms with Crippen LogP contribution in [0.25, 0.3) is 0 Å². The molecule has 0 radical (unpaired) electrons. The Balaban J connectivity index is 2.07. The van der Waals surface area contributed by atoms with E-state index in [1.165, 1.54) is 0 Å². The van der Waals surface area contributed by atoms with Crippen LogP contribution in [-0.2, 0) is 16.1 Å². The highest BCUT2D eigenvalue weighted by molar-refractivity contribution is 5.76. The van der Waals surface area contributed by atoms with Gasteiger partial charge in [0, 0.05) is 6.04 Å². The first-order valence-electron chi connectivity index (χ1n) is 8.61. The van der Waals surface area contributed by atoms with Crippen LogP contribution in [-0.4, -0.2) is 29.1 Å². The minimum absolute atomic E-state index is 0.0253. The summed E-state index contributed by atoms with van der Waals surface area (Å²) in [5, 5.41) is 9.45. The number of benzene rings is 2. The van der Waals surface area contributed by atoms with Crippen molar-refractivity contribution < 1.29 is 14.6 Å². The number of aromatic hydroxyl groups is 1. The van der Waals surface area contributed by atoms with Gasteiger partial charge in [-0.3, -0.25) is 9.69 Å². The van der Waals surface area contributed by atoms with Gasteiger partial charge in [0.25, 0.3) is 0 Å². The summed E-state index contributed by atoms with van der Waals surface area (Å²) in [6, 6.07) is 16.5. The number of nitrogens with zero attached hydrogens (tertiary/aromatic N) is 1. The summed E-state index contributed by atoms with van der Waals surface area (Å²) in [5.74, 6) is 0.140. The Morgan fingerprint density at radius 1 is 1.04 bits per heavy atom. The number of phenols is 1. The standard InChI is InChI=1S/C21H27NO3/c1-15(2)20(21(24)25-14-17-8-6-5-7-9-17)22(4)16(3)18-10-12-19(23)13-11-18/h5-13,15-16,20,23H,14H2,1-4H3. The van der Waals surface area contributed by atoms with Gasteiger partial charge in [-0.15, -0.1) is 0 Å². The molecule has 0 aliphatic heterocycles. The zero-order chi connectivity index (χ0) is 18.4. The van der Waals surface area contributed by atoms with Crippen molar-refractivity contribution in [1.29, 1.82) is 0 Å². The number of rotatable bonds is 7. The average molecular weight is 341 g/mol. The molecular formula is C21H27NO3. The molecule has 0 bridgehead atoms. The fraction of sp³-hybridized carbons (Fsp3) is 0.381. The lowest BCUT2D eigenvalue weighted by Crippen LogP contribution is -2.44. The minimum Gasteiger partial charge on any atom is -0.508 e. The molecule has 1 N–H and O–H groups in total. The zero-order valence-corrected chi connectivity index (χ0v) is 15.3. The highest BCUT2D eigenvalue weighted by Gasteiger charge is 2.31. The van der Waals surface area contributed by atoms with Crippen LogP contribution in [0.4, 0.5) is 0 Å². The van der Waals surface area contributed by atoms with Gasteiger partial charge in [-0.1, -0.05) is 56.3 Å². The molecule has 0 saturated heterocycles. The summed E-state index contributed by atoms with van der Waals surface area (Å²) >= 11 is 0. The second kappa shape index (κ2) is 8.67. The van der Waals surface area contributed by atoms with Crippen LogP contribution in [0.5, 0.6) is 5.75 Å². The molecule has 0 fully saturated rings. The van der Waals surface area contributed by atoms with Crippen LogP contribution in [0.1, 0.15) is 37.9 Å². The molecule has 2 aromatic rings. The van der Waals surface area contributed by atoms with E-state index in [2.05, 4.69) is 0 Å². The Morgan fingerprint density at radius 2 is 1.64 bits per heavy atom. The average Bonchev–Trinajstić information content (AvgIpc) is 2.60. The number of carbonyl (C=O) groups is 1. The lowest BCUT2D eigenvalue weighted by atomic mass is 9.99. The smallest absolute Gasteiger partial charge is 0.323 e. The zero-order valence-electron chi connectivity index (χ0n) is 15.3. The largest absolute Gasteiger partial charge is 0.508 e. The van der Waals surface area contributed by atoms with Crippen molar-refractivity contribution in [1.82, 2.24) is 4.90 Å². The van der Waals surface area contributed by atoms with Crippen molar-refractivity contribution in [3.8, 4) is 5.75 Å². The minimum atomic E-state index is -0.340. The molecular weight excluding hydrogens is 314 g/mol. The molecule has 0 saturated carbocycles. The third-order valence-corrected chi connectivity index (χ3v) is 4.52. The number of hydrogen-bond donors (Lipinski definition) is 1. The molecule has 2 atom stereocenters. The quantitative estimate of drug-likeness (QED) is 0.769. The van der Waals surface area contributed by atoms with E-state index in [9.17, 15) is 9.90 Å². The molecule has 4 nitrogen and oxygen atoms in total. The first kappa shape index (κ1) is 19.0. The van der Waals surface area contributed by atoms with Gasteiger partial charge < -0.3 is 9.84 Å². The summed E-state index contributed by atoms with van der Waals surface area (Å²) in [6.45, 7) is 6.37. The maximum atomic E-state index is 12.7. The Kier molecular flexibility index (Phi) is 6.59. The molecule has 2 aromatic carbocycles. The molecule has 4 heteroatoms. The fourth-order valence-corrected chi connectivity index (χ4v) is 2.95. The number of esters is 1. The van der Waals surface area contributed by atoms with Crippen molar-refractivity contribution in [2.24, 2.45) is 5.92 Å². The van der Waals surface area contributed by atoms with Gasteiger partial charge in [-0.25, -0.2) is 0 Å². The molecule has 0 aromatic heterocycles. The maximum Gasteiger partial charge on any atom is 0.323 e. The number of hydrogen-bond acceptors (Lipinski definition) is 4. The van der Waals surface area contributed by atoms with E-state index in [0.29, 0.717) is 0 Å². The summed E-state index contributed by atoms with van der Waals surface area (Å²) in [6.07, 6.45) is 0. The van der Waals surface area contributed by atoms with Gasteiger partial charge in [0.15, 0.2) is 0 Å². The molecule has 0 amide bonds. The highest BCUT2D eigenvalue weighted by atomic mass is 16.5. The maximum absolute atomic E-state index is 12.7. The second-order valence-corrected chi connectivity index (χ2v) is 6.72. The van der Waals surface area contributed by atoms with Crippen LogP contribution in [0.3, 0.4) is 0 Å². The van der Waals surface area contributed by atoms with Gasteiger partial charge in [0.1, 0.15) is 18.4 Å². The molecule has 134 valence electrons. The molecule has 2 unspecified atom stereocenters. The Morgan fingerprint density at radius 3 is 2.20 bits per heavy atom. The second-order valence-electron chi connectivity index (χ2n) is 6.72. The lowest BCUT2D eigenvalue weighted by Gasteiger charge is -2.34. The number of ether oxygens (including phenoxy) is 1. The van der Waals surface area contributed by atoms with Gasteiger partial charge in [-0.05, 0) is 43.1 Å². The molecule has 25 heavy (non-hydrogen) atoms. The van der Waals surface area contributed by atoms with Crippen LogP contribution in [0.15, 0.2) is 54.6 Å². The van der Waals surface area contributed by atoms with E-state index in [1.807, 2.05) is 75.2 Å². The number of carbonyl (C=O) groups excluding carboxylic acids is 1. The number of likely N-dealkylation sites (N-methyl/N-ethyl adjacent to an activating group) is 1. The molecule has 0 aliphatic rings. The van der Waals surface area contributed by atoms with Crippen molar-refractivity contribution in [3.63, 3.8) is 0 Å². The van der Waals surface area contributed by atoms with Crippen molar-refractivity contribution in [2.45, 2.75) is 39.5 Å².